The van der Waals surface area contributed by atoms with Gasteiger partial charge < -0.3 is 15.5 Å². The van der Waals surface area contributed by atoms with Crippen LogP contribution in [-0.4, -0.2) is 55.6 Å². The monoisotopic (exact) mass is 189 g/mol. The van der Waals surface area contributed by atoms with Gasteiger partial charge in [-0.1, -0.05) is 20.8 Å². The molecule has 13 heavy (non-hydrogen) atoms. The van der Waals surface area contributed by atoms with Crippen molar-refractivity contribution >= 4 is 0 Å². The standard InChI is InChI=1S/C8H19N3.C2H6.H2/c1-4-11-5-7(9)8(6-11)10(2)3;1-2;/h7-8H,4-6,9H2,1-3H3;1-2H3;1H. The van der Waals surface area contributed by atoms with Crippen LogP contribution in [0.25, 0.3) is 0 Å². The van der Waals surface area contributed by atoms with E-state index < -0.39 is 0 Å². The fourth-order valence-corrected chi connectivity index (χ4v) is 1.70. The summed E-state index contributed by atoms with van der Waals surface area (Å²) in [4.78, 5) is 4.62. The fraction of sp³-hybridized carbons (Fsp3) is 1.00. The van der Waals surface area contributed by atoms with Gasteiger partial charge in [-0.05, 0) is 20.6 Å². The van der Waals surface area contributed by atoms with Crippen molar-refractivity contribution in [3.63, 3.8) is 0 Å². The molecule has 0 saturated carbocycles. The number of rotatable bonds is 2. The van der Waals surface area contributed by atoms with Gasteiger partial charge in [-0.3, -0.25) is 0 Å². The molecule has 1 fully saturated rings. The highest BCUT2D eigenvalue weighted by atomic mass is 15.3. The highest BCUT2D eigenvalue weighted by Crippen LogP contribution is 2.11. The summed E-state index contributed by atoms with van der Waals surface area (Å²) in [6.45, 7) is 9.49. The number of nitrogens with zero attached hydrogens (tertiary/aromatic N) is 2. The number of hydrogen-bond donors (Lipinski definition) is 1. The molecule has 1 saturated heterocycles. The maximum atomic E-state index is 5.96. The lowest BCUT2D eigenvalue weighted by Crippen LogP contribution is -2.43. The van der Waals surface area contributed by atoms with E-state index in [0.29, 0.717) is 12.1 Å². The molecule has 0 aromatic rings. The predicted octanol–water partition coefficient (Wildman–Crippen LogP) is 0.852. The van der Waals surface area contributed by atoms with Gasteiger partial charge in [-0.2, -0.15) is 0 Å². The van der Waals surface area contributed by atoms with Crippen LogP contribution >= 0.6 is 0 Å². The van der Waals surface area contributed by atoms with E-state index in [2.05, 4.69) is 30.8 Å². The maximum absolute atomic E-state index is 5.96. The fourth-order valence-electron chi connectivity index (χ4n) is 1.70. The summed E-state index contributed by atoms with van der Waals surface area (Å²) in [5.41, 5.74) is 5.96. The third-order valence-corrected chi connectivity index (χ3v) is 2.52. The van der Waals surface area contributed by atoms with E-state index in [4.69, 9.17) is 5.73 Å². The van der Waals surface area contributed by atoms with E-state index in [9.17, 15) is 0 Å². The average Bonchev–Trinajstić information content (AvgIpc) is 2.50. The van der Waals surface area contributed by atoms with Crippen LogP contribution in [0.2, 0.25) is 0 Å². The molecule has 1 aliphatic rings. The zero-order valence-electron chi connectivity index (χ0n) is 9.75. The molecule has 1 rings (SSSR count). The molecule has 0 amide bonds. The quantitative estimate of drug-likeness (QED) is 0.699. The second-order valence-corrected chi connectivity index (χ2v) is 3.55. The van der Waals surface area contributed by atoms with E-state index in [0.717, 1.165) is 19.6 Å². The average molecular weight is 189 g/mol. The Labute approximate surface area is 84.4 Å². The van der Waals surface area contributed by atoms with Crippen molar-refractivity contribution in [3.8, 4) is 0 Å². The second kappa shape index (κ2) is 6.35. The van der Waals surface area contributed by atoms with E-state index in [1.165, 1.54) is 0 Å². The Morgan fingerprint density at radius 1 is 1.38 bits per heavy atom. The van der Waals surface area contributed by atoms with Crippen LogP contribution in [-0.2, 0) is 0 Å². The van der Waals surface area contributed by atoms with Crippen LogP contribution in [0.4, 0.5) is 0 Å². The van der Waals surface area contributed by atoms with Gasteiger partial charge in [-0.25, -0.2) is 0 Å². The Bertz CT molecular complexity index is 131. The highest BCUT2D eigenvalue weighted by molar-refractivity contribution is 4.91. The van der Waals surface area contributed by atoms with Crippen molar-refractivity contribution < 1.29 is 1.43 Å². The molecule has 3 nitrogen and oxygen atoms in total. The molecule has 2 unspecified atom stereocenters. The molecular formula is C10H27N3. The normalized spacial score (nSPS) is 28.8. The topological polar surface area (TPSA) is 32.5 Å². The van der Waals surface area contributed by atoms with Gasteiger partial charge in [0.05, 0.1) is 0 Å². The Morgan fingerprint density at radius 3 is 2.15 bits per heavy atom. The van der Waals surface area contributed by atoms with Crippen LogP contribution in [0, 0.1) is 0 Å². The molecule has 1 heterocycles. The van der Waals surface area contributed by atoms with Crippen molar-refractivity contribution in [2.24, 2.45) is 5.73 Å². The minimum Gasteiger partial charge on any atom is -0.325 e. The van der Waals surface area contributed by atoms with Crippen LogP contribution in [0.1, 0.15) is 22.2 Å². The first-order valence-corrected chi connectivity index (χ1v) is 5.29. The van der Waals surface area contributed by atoms with Gasteiger partial charge in [0.1, 0.15) is 0 Å². The van der Waals surface area contributed by atoms with Gasteiger partial charge in [0.15, 0.2) is 0 Å². The lowest BCUT2D eigenvalue weighted by molar-refractivity contribution is 0.268. The number of hydrogen-bond acceptors (Lipinski definition) is 3. The van der Waals surface area contributed by atoms with Crippen molar-refractivity contribution in [1.29, 1.82) is 0 Å². The van der Waals surface area contributed by atoms with E-state index in [-0.39, 0.29) is 1.43 Å². The second-order valence-electron chi connectivity index (χ2n) is 3.55. The number of nitrogens with two attached hydrogens (primary N) is 1. The SMILES string of the molecule is CC.CCN1CC(N)C(N(C)C)C1.[HH]. The molecule has 2 atom stereocenters. The largest absolute Gasteiger partial charge is 0.325 e. The minimum absolute atomic E-state index is 0. The van der Waals surface area contributed by atoms with Crippen LogP contribution in [0.5, 0.6) is 0 Å². The number of likely N-dealkylation sites (N-methyl/N-ethyl adjacent to an activating group) is 2. The van der Waals surface area contributed by atoms with Gasteiger partial charge in [0, 0.05) is 26.6 Å². The lowest BCUT2D eigenvalue weighted by Gasteiger charge is -2.22. The summed E-state index contributed by atoms with van der Waals surface area (Å²) in [6.07, 6.45) is 0. The van der Waals surface area contributed by atoms with E-state index in [1.54, 1.807) is 0 Å². The molecule has 82 valence electrons. The Morgan fingerprint density at radius 2 is 1.92 bits per heavy atom. The first-order valence-electron chi connectivity index (χ1n) is 5.29. The van der Waals surface area contributed by atoms with Gasteiger partial charge in [0.2, 0.25) is 0 Å². The molecule has 0 aromatic heterocycles. The number of likely N-dealkylation sites (tertiary alicyclic amines) is 1. The molecule has 0 radical (unpaired) electrons. The van der Waals surface area contributed by atoms with Crippen LogP contribution < -0.4 is 5.73 Å². The zero-order valence-corrected chi connectivity index (χ0v) is 9.75. The summed E-state index contributed by atoms with van der Waals surface area (Å²) in [5.74, 6) is 0. The van der Waals surface area contributed by atoms with Gasteiger partial charge in [0.25, 0.3) is 0 Å². The molecule has 0 aliphatic carbocycles. The van der Waals surface area contributed by atoms with Gasteiger partial charge in [-0.15, -0.1) is 0 Å². The molecule has 1 aliphatic heterocycles. The molecule has 0 bridgehead atoms. The summed E-state index contributed by atoms with van der Waals surface area (Å²) in [7, 11) is 4.20. The Kier molecular flexibility index (Phi) is 6.29. The third-order valence-electron chi connectivity index (χ3n) is 2.52. The molecule has 2 N–H and O–H groups in total. The van der Waals surface area contributed by atoms with Gasteiger partial charge >= 0.3 is 0 Å². The smallest absolute Gasteiger partial charge is 0.0380 e. The highest BCUT2D eigenvalue weighted by Gasteiger charge is 2.30. The lowest BCUT2D eigenvalue weighted by atomic mass is 10.2. The van der Waals surface area contributed by atoms with Crippen molar-refractivity contribution in [2.75, 3.05) is 33.7 Å². The van der Waals surface area contributed by atoms with E-state index >= 15 is 0 Å². The van der Waals surface area contributed by atoms with Crippen molar-refractivity contribution in [1.82, 2.24) is 9.80 Å². The summed E-state index contributed by atoms with van der Waals surface area (Å²) in [6, 6.07) is 0.889. The predicted molar refractivity (Wildman–Crippen MR) is 61.0 cm³/mol. The van der Waals surface area contributed by atoms with Crippen LogP contribution in [0.3, 0.4) is 0 Å². The van der Waals surface area contributed by atoms with Crippen molar-refractivity contribution in [3.05, 3.63) is 0 Å². The summed E-state index contributed by atoms with van der Waals surface area (Å²) < 4.78 is 0. The maximum Gasteiger partial charge on any atom is 0.0380 e. The molecular weight excluding hydrogens is 162 g/mol. The minimum atomic E-state index is 0. The molecule has 0 spiro atoms. The summed E-state index contributed by atoms with van der Waals surface area (Å²) in [5, 5.41) is 0. The summed E-state index contributed by atoms with van der Waals surface area (Å²) >= 11 is 0. The third kappa shape index (κ3) is 3.63. The zero-order chi connectivity index (χ0) is 10.4. The van der Waals surface area contributed by atoms with Crippen molar-refractivity contribution in [2.45, 2.75) is 32.9 Å². The van der Waals surface area contributed by atoms with E-state index in [1.807, 2.05) is 13.8 Å². The Hall–Kier alpha value is -0.120. The molecule has 3 heteroatoms. The first-order chi connectivity index (χ1) is 6.15. The first kappa shape index (κ1) is 12.9. The molecule has 0 aromatic carbocycles. The Balaban J connectivity index is 0. The van der Waals surface area contributed by atoms with Crippen LogP contribution in [0.15, 0.2) is 0 Å².